The van der Waals surface area contributed by atoms with Gasteiger partial charge >= 0.3 is 0 Å². The number of carbonyl (C=O) groups excluding carboxylic acids is 1. The van der Waals surface area contributed by atoms with Crippen LogP contribution in [-0.2, 0) is 4.79 Å². The molecule has 6 rings (SSSR count). The van der Waals surface area contributed by atoms with Gasteiger partial charge in [-0.1, -0.05) is 11.8 Å². The summed E-state index contributed by atoms with van der Waals surface area (Å²) in [4.78, 5) is 17.6. The van der Waals surface area contributed by atoms with E-state index in [-0.39, 0.29) is 16.7 Å². The third-order valence-corrected chi connectivity index (χ3v) is 8.12. The van der Waals surface area contributed by atoms with Crippen LogP contribution in [0.2, 0.25) is 0 Å². The smallest absolute Gasteiger partial charge is 0.233 e. The standard InChI is InChI=1S/C23H29N3O2S/c1-15(21(27)25-23-12-16-9-17(13-23)11-18(10-16)14-23)29-22-24-7-8-26(22)19-3-5-20(28-2)6-4-19/h3-8,15-18H,9-14H2,1-2H3,(H,25,27). The molecule has 0 radical (unpaired) electrons. The van der Waals surface area contributed by atoms with Crippen molar-refractivity contribution >= 4 is 17.7 Å². The van der Waals surface area contributed by atoms with Gasteiger partial charge in [-0.3, -0.25) is 9.36 Å². The Bertz CT molecular complexity index is 856. The zero-order chi connectivity index (χ0) is 20.0. The highest BCUT2D eigenvalue weighted by molar-refractivity contribution is 8.00. The normalized spacial score (nSPS) is 30.9. The fourth-order valence-electron chi connectivity index (χ4n) is 6.15. The number of hydrogen-bond acceptors (Lipinski definition) is 4. The van der Waals surface area contributed by atoms with E-state index in [4.69, 9.17) is 4.74 Å². The fourth-order valence-corrected chi connectivity index (χ4v) is 7.04. The molecule has 0 aliphatic heterocycles. The number of nitrogens with zero attached hydrogens (tertiary/aromatic N) is 2. The molecule has 4 fully saturated rings. The summed E-state index contributed by atoms with van der Waals surface area (Å²) in [5.41, 5.74) is 1.07. The van der Waals surface area contributed by atoms with Gasteiger partial charge in [0.25, 0.3) is 0 Å². The topological polar surface area (TPSA) is 56.2 Å². The highest BCUT2D eigenvalue weighted by Crippen LogP contribution is 2.55. The van der Waals surface area contributed by atoms with Crippen LogP contribution in [0.25, 0.3) is 5.69 Å². The van der Waals surface area contributed by atoms with Crippen molar-refractivity contribution in [1.82, 2.24) is 14.9 Å². The van der Waals surface area contributed by atoms with Crippen molar-refractivity contribution in [2.24, 2.45) is 17.8 Å². The van der Waals surface area contributed by atoms with Crippen molar-refractivity contribution in [3.63, 3.8) is 0 Å². The van der Waals surface area contributed by atoms with Crippen molar-refractivity contribution in [1.29, 1.82) is 0 Å². The van der Waals surface area contributed by atoms with E-state index in [1.807, 2.05) is 42.0 Å². The molecule has 4 bridgehead atoms. The number of thioether (sulfide) groups is 1. The number of rotatable bonds is 6. The van der Waals surface area contributed by atoms with Crippen LogP contribution in [0.1, 0.15) is 45.4 Å². The van der Waals surface area contributed by atoms with E-state index in [9.17, 15) is 4.79 Å². The van der Waals surface area contributed by atoms with Crippen molar-refractivity contribution in [2.45, 2.75) is 61.4 Å². The maximum Gasteiger partial charge on any atom is 0.233 e. The van der Waals surface area contributed by atoms with Crippen LogP contribution in [0.4, 0.5) is 0 Å². The van der Waals surface area contributed by atoms with Crippen molar-refractivity contribution < 1.29 is 9.53 Å². The van der Waals surface area contributed by atoms with Crippen molar-refractivity contribution in [2.75, 3.05) is 7.11 Å². The van der Waals surface area contributed by atoms with Gasteiger partial charge in [-0.15, -0.1) is 0 Å². The number of amides is 1. The first-order valence-corrected chi connectivity index (χ1v) is 11.6. The molecule has 4 saturated carbocycles. The van der Waals surface area contributed by atoms with Crippen LogP contribution in [0.3, 0.4) is 0 Å². The average molecular weight is 412 g/mol. The number of nitrogens with one attached hydrogen (secondary N) is 1. The Kier molecular flexibility index (Phi) is 4.85. The molecule has 1 N–H and O–H groups in total. The van der Waals surface area contributed by atoms with Gasteiger partial charge in [0, 0.05) is 23.6 Å². The minimum absolute atomic E-state index is 0.0616. The Morgan fingerprint density at radius 2 is 1.79 bits per heavy atom. The Balaban J connectivity index is 1.27. The zero-order valence-corrected chi connectivity index (χ0v) is 18.0. The summed E-state index contributed by atoms with van der Waals surface area (Å²) in [6.07, 6.45) is 11.4. The lowest BCUT2D eigenvalue weighted by molar-refractivity contribution is -0.126. The quantitative estimate of drug-likeness (QED) is 0.714. The summed E-state index contributed by atoms with van der Waals surface area (Å²) in [5, 5.41) is 4.16. The van der Waals surface area contributed by atoms with Gasteiger partial charge < -0.3 is 10.1 Å². The lowest BCUT2D eigenvalue weighted by atomic mass is 9.53. The summed E-state index contributed by atoms with van der Waals surface area (Å²) < 4.78 is 7.27. The molecule has 29 heavy (non-hydrogen) atoms. The summed E-state index contributed by atoms with van der Waals surface area (Å²) in [7, 11) is 1.66. The van der Waals surface area contributed by atoms with Gasteiger partial charge in [-0.2, -0.15) is 0 Å². The molecule has 1 amide bonds. The number of hydrogen-bond donors (Lipinski definition) is 1. The highest BCUT2D eigenvalue weighted by atomic mass is 32.2. The lowest BCUT2D eigenvalue weighted by Crippen LogP contribution is -2.60. The second-order valence-electron chi connectivity index (χ2n) is 9.23. The third-order valence-electron chi connectivity index (χ3n) is 7.04. The first-order chi connectivity index (χ1) is 14.0. The predicted octanol–water partition coefficient (Wildman–Crippen LogP) is 4.45. The van der Waals surface area contributed by atoms with E-state index >= 15 is 0 Å². The Morgan fingerprint density at radius 1 is 1.17 bits per heavy atom. The average Bonchev–Trinajstić information content (AvgIpc) is 3.14. The number of aromatic nitrogens is 2. The molecule has 0 saturated heterocycles. The molecule has 0 spiro atoms. The van der Waals surface area contributed by atoms with Gasteiger partial charge in [-0.25, -0.2) is 4.98 Å². The molecular formula is C23H29N3O2S. The number of methoxy groups -OCH3 is 1. The van der Waals surface area contributed by atoms with E-state index in [1.54, 1.807) is 13.3 Å². The molecule has 4 aliphatic rings. The van der Waals surface area contributed by atoms with Gasteiger partial charge in [0.15, 0.2) is 5.16 Å². The Morgan fingerprint density at radius 3 is 2.38 bits per heavy atom. The second-order valence-corrected chi connectivity index (χ2v) is 10.5. The first-order valence-electron chi connectivity index (χ1n) is 10.7. The van der Waals surface area contributed by atoms with Crippen molar-refractivity contribution in [3.8, 4) is 11.4 Å². The SMILES string of the molecule is COc1ccc(-n2ccnc2SC(C)C(=O)NC23CC4CC(CC(C4)C2)C3)cc1. The molecule has 2 aromatic rings. The number of ether oxygens (including phenoxy) is 1. The number of carbonyl (C=O) groups is 1. The monoisotopic (exact) mass is 411 g/mol. The van der Waals surface area contributed by atoms with Gasteiger partial charge in [-0.05, 0) is 87.5 Å². The maximum atomic E-state index is 13.1. The molecule has 154 valence electrons. The fraction of sp³-hybridized carbons (Fsp3) is 0.565. The van der Waals surface area contributed by atoms with E-state index in [0.717, 1.165) is 34.3 Å². The maximum absolute atomic E-state index is 13.1. The van der Waals surface area contributed by atoms with Crippen molar-refractivity contribution in [3.05, 3.63) is 36.7 Å². The van der Waals surface area contributed by atoms with Gasteiger partial charge in [0.1, 0.15) is 5.75 Å². The Labute approximate surface area is 176 Å². The van der Waals surface area contributed by atoms with Gasteiger partial charge in [0.2, 0.25) is 5.91 Å². The van der Waals surface area contributed by atoms with Crippen LogP contribution in [0, 0.1) is 17.8 Å². The van der Waals surface area contributed by atoms with Crippen LogP contribution < -0.4 is 10.1 Å². The molecule has 1 aromatic heterocycles. The molecule has 1 unspecified atom stereocenters. The summed E-state index contributed by atoms with van der Waals surface area (Å²) in [6.45, 7) is 1.99. The van der Waals surface area contributed by atoms with Crippen LogP contribution in [-0.4, -0.2) is 33.4 Å². The number of imidazole rings is 1. The molecule has 1 atom stereocenters. The summed E-state index contributed by atoms with van der Waals surface area (Å²) in [5.74, 6) is 3.48. The van der Waals surface area contributed by atoms with Crippen LogP contribution >= 0.6 is 11.8 Å². The molecule has 6 heteroatoms. The zero-order valence-electron chi connectivity index (χ0n) is 17.1. The second kappa shape index (κ2) is 7.38. The molecule has 1 aromatic carbocycles. The van der Waals surface area contributed by atoms with Gasteiger partial charge in [0.05, 0.1) is 12.4 Å². The molecule has 4 aliphatic carbocycles. The third kappa shape index (κ3) is 3.67. The minimum atomic E-state index is -0.178. The van der Waals surface area contributed by atoms with E-state index in [2.05, 4.69) is 10.3 Å². The highest BCUT2D eigenvalue weighted by Gasteiger charge is 2.51. The van der Waals surface area contributed by atoms with E-state index in [1.165, 1.54) is 50.3 Å². The largest absolute Gasteiger partial charge is 0.497 e. The lowest BCUT2D eigenvalue weighted by Gasteiger charge is -2.57. The summed E-state index contributed by atoms with van der Waals surface area (Å²) >= 11 is 1.53. The Hall–Kier alpha value is -1.95. The van der Waals surface area contributed by atoms with Crippen LogP contribution in [0.5, 0.6) is 5.75 Å². The van der Waals surface area contributed by atoms with Crippen LogP contribution in [0.15, 0.2) is 41.8 Å². The molecule has 1 heterocycles. The molecule has 5 nitrogen and oxygen atoms in total. The molecular weight excluding hydrogens is 382 g/mol. The minimum Gasteiger partial charge on any atom is -0.497 e. The van der Waals surface area contributed by atoms with E-state index in [0.29, 0.717) is 0 Å². The number of benzene rings is 1. The first kappa shape index (κ1) is 19.0. The van der Waals surface area contributed by atoms with E-state index < -0.39 is 0 Å². The predicted molar refractivity (Wildman–Crippen MR) is 114 cm³/mol. The summed E-state index contributed by atoms with van der Waals surface area (Å²) in [6, 6.07) is 7.88.